The summed E-state index contributed by atoms with van der Waals surface area (Å²) in [6.07, 6.45) is 0. The molecule has 2 aliphatic heterocycles. The Morgan fingerprint density at radius 2 is 1.43 bits per heavy atom. The van der Waals surface area contributed by atoms with Crippen LogP contribution in [0, 0.1) is 5.92 Å². The van der Waals surface area contributed by atoms with Crippen LogP contribution in [0.5, 0.6) is 0 Å². The van der Waals surface area contributed by atoms with E-state index in [-0.39, 0.29) is 18.6 Å². The number of carbonyl (C=O) groups excluding carboxylic acids is 2. The third-order valence-corrected chi connectivity index (χ3v) is 6.99. The number of nitrogens with zero attached hydrogens (tertiary/aromatic N) is 3. The Morgan fingerprint density at radius 3 is 1.97 bits per heavy atom. The second kappa shape index (κ2) is 11.4. The molecule has 2 atom stereocenters. The summed E-state index contributed by atoms with van der Waals surface area (Å²) in [4.78, 5) is 35.3. The molecule has 1 fully saturated rings. The van der Waals surface area contributed by atoms with E-state index in [2.05, 4.69) is 63.6 Å². The highest BCUT2D eigenvalue weighted by molar-refractivity contribution is 6.08. The van der Waals surface area contributed by atoms with Crippen molar-refractivity contribution in [2.24, 2.45) is 10.9 Å². The number of ether oxygens (including phenoxy) is 1. The van der Waals surface area contributed by atoms with Gasteiger partial charge in [-0.1, -0.05) is 91.0 Å². The van der Waals surface area contributed by atoms with Crippen LogP contribution < -0.4 is 5.32 Å². The minimum absolute atomic E-state index is 0.151. The number of esters is 1. The molecule has 2 aliphatic rings. The van der Waals surface area contributed by atoms with Gasteiger partial charge >= 0.3 is 5.97 Å². The number of aliphatic imine (C=N–C) groups is 1. The van der Waals surface area contributed by atoms with E-state index < -0.39 is 17.9 Å². The number of rotatable bonds is 6. The van der Waals surface area contributed by atoms with Crippen molar-refractivity contribution >= 4 is 17.8 Å². The molecular weight excluding hydrogens is 464 g/mol. The molecule has 3 aromatic rings. The number of hydrogen-bond donors (Lipinski definition) is 1. The number of carbonyl (C=O) groups is 2. The third-order valence-electron chi connectivity index (χ3n) is 6.99. The van der Waals surface area contributed by atoms with Gasteiger partial charge in [-0.2, -0.15) is 0 Å². The summed E-state index contributed by atoms with van der Waals surface area (Å²) < 4.78 is 5.22. The number of hydrogen-bond acceptors (Lipinski definition) is 6. The molecule has 0 bridgehead atoms. The Hall–Kier alpha value is -3.97. The van der Waals surface area contributed by atoms with Crippen LogP contribution in [0.1, 0.15) is 35.7 Å². The van der Waals surface area contributed by atoms with Crippen molar-refractivity contribution in [1.29, 1.82) is 0 Å². The fourth-order valence-electron chi connectivity index (χ4n) is 5.19. The maximum atomic E-state index is 13.2. The Balaban J connectivity index is 1.37. The van der Waals surface area contributed by atoms with E-state index in [4.69, 9.17) is 9.73 Å². The van der Waals surface area contributed by atoms with Gasteiger partial charge in [-0.15, -0.1) is 0 Å². The van der Waals surface area contributed by atoms with Gasteiger partial charge in [0, 0.05) is 26.2 Å². The highest BCUT2D eigenvalue weighted by Crippen LogP contribution is 2.32. The molecule has 0 radical (unpaired) electrons. The lowest BCUT2D eigenvalue weighted by Crippen LogP contribution is -2.57. The largest absolute Gasteiger partial charge is 0.465 e. The van der Waals surface area contributed by atoms with Crippen molar-refractivity contribution in [1.82, 2.24) is 15.1 Å². The smallest absolute Gasteiger partial charge is 0.321 e. The van der Waals surface area contributed by atoms with E-state index in [1.54, 1.807) is 6.92 Å². The number of benzene rings is 3. The Bertz CT molecular complexity index is 1190. The van der Waals surface area contributed by atoms with Crippen LogP contribution in [0.2, 0.25) is 0 Å². The van der Waals surface area contributed by atoms with E-state index in [1.807, 2.05) is 42.5 Å². The first-order chi connectivity index (χ1) is 18.2. The fourth-order valence-corrected chi connectivity index (χ4v) is 5.19. The number of nitrogens with one attached hydrogen (secondary N) is 1. The zero-order valence-electron chi connectivity index (χ0n) is 21.0. The molecule has 0 spiro atoms. The average Bonchev–Trinajstić information content (AvgIpc) is 2.95. The van der Waals surface area contributed by atoms with Crippen molar-refractivity contribution in [3.63, 3.8) is 0 Å². The summed E-state index contributed by atoms with van der Waals surface area (Å²) >= 11 is 0. The predicted molar refractivity (Wildman–Crippen MR) is 143 cm³/mol. The quantitative estimate of drug-likeness (QED) is 0.415. The fraction of sp³-hybridized carbons (Fsp3) is 0.300. The van der Waals surface area contributed by atoms with E-state index >= 15 is 0 Å². The first-order valence-electron chi connectivity index (χ1n) is 12.8. The molecule has 5 rings (SSSR count). The number of guanidine groups is 1. The summed E-state index contributed by atoms with van der Waals surface area (Å²) in [5.41, 5.74) is 3.33. The van der Waals surface area contributed by atoms with Crippen molar-refractivity contribution < 1.29 is 14.3 Å². The second-order valence-corrected chi connectivity index (χ2v) is 9.27. The zero-order valence-corrected chi connectivity index (χ0v) is 21.0. The first-order valence-corrected chi connectivity index (χ1v) is 12.8. The Labute approximate surface area is 217 Å². The minimum atomic E-state index is -1.01. The van der Waals surface area contributed by atoms with Gasteiger partial charge in [0.15, 0.2) is 5.92 Å². The monoisotopic (exact) mass is 496 g/mol. The molecule has 190 valence electrons. The van der Waals surface area contributed by atoms with Gasteiger partial charge < -0.3 is 9.64 Å². The van der Waals surface area contributed by atoms with Crippen LogP contribution >= 0.6 is 0 Å². The van der Waals surface area contributed by atoms with Crippen molar-refractivity contribution in [3.05, 3.63) is 108 Å². The molecule has 0 aromatic heterocycles. The van der Waals surface area contributed by atoms with Crippen LogP contribution in [0.15, 0.2) is 96.0 Å². The summed E-state index contributed by atoms with van der Waals surface area (Å²) in [6, 6.07) is 30.1. The zero-order chi connectivity index (χ0) is 25.6. The molecular formula is C30H32N4O3. The van der Waals surface area contributed by atoms with Gasteiger partial charge in [0.2, 0.25) is 11.9 Å². The van der Waals surface area contributed by atoms with Crippen molar-refractivity contribution in [2.45, 2.75) is 19.0 Å². The molecule has 2 heterocycles. The van der Waals surface area contributed by atoms with Gasteiger partial charge in [0.25, 0.3) is 0 Å². The maximum Gasteiger partial charge on any atom is 0.321 e. The van der Waals surface area contributed by atoms with Crippen molar-refractivity contribution in [3.8, 4) is 0 Å². The second-order valence-electron chi connectivity index (χ2n) is 9.27. The SMILES string of the molecule is CCOC(=O)C1C(=O)NC(N2CCN(C(c3ccccc3)c3ccccc3)CC2)=NC1c1ccccc1. The topological polar surface area (TPSA) is 74.2 Å². The molecule has 1 N–H and O–H groups in total. The summed E-state index contributed by atoms with van der Waals surface area (Å²) in [7, 11) is 0. The van der Waals surface area contributed by atoms with Gasteiger partial charge in [-0.05, 0) is 23.6 Å². The third kappa shape index (κ3) is 5.42. The standard InChI is InChI=1S/C30H32N4O3/c1-2-37-29(36)25-26(22-12-6-3-7-13-22)31-30(32-28(25)35)34-20-18-33(19-21-34)27(23-14-8-4-9-15-23)24-16-10-5-11-17-24/h3-17,25-27H,2,18-21H2,1H3,(H,31,32,35). The van der Waals surface area contributed by atoms with Gasteiger partial charge in [-0.25, -0.2) is 4.99 Å². The van der Waals surface area contributed by atoms with Gasteiger partial charge in [0.05, 0.1) is 12.6 Å². The Morgan fingerprint density at radius 1 is 0.892 bits per heavy atom. The summed E-state index contributed by atoms with van der Waals surface area (Å²) in [6.45, 7) is 4.98. The molecule has 7 nitrogen and oxygen atoms in total. The van der Waals surface area contributed by atoms with E-state index in [1.165, 1.54) is 11.1 Å². The lowest BCUT2D eigenvalue weighted by molar-refractivity contribution is -0.153. The lowest BCUT2D eigenvalue weighted by Gasteiger charge is -2.42. The summed E-state index contributed by atoms with van der Waals surface area (Å²) in [5.74, 6) is -1.40. The minimum Gasteiger partial charge on any atom is -0.465 e. The van der Waals surface area contributed by atoms with Crippen LogP contribution in [-0.4, -0.2) is 60.4 Å². The normalized spacial score (nSPS) is 20.3. The lowest BCUT2D eigenvalue weighted by atomic mass is 9.91. The van der Waals surface area contributed by atoms with Crippen LogP contribution in [0.25, 0.3) is 0 Å². The molecule has 3 aromatic carbocycles. The molecule has 1 amide bonds. The molecule has 7 heteroatoms. The molecule has 0 saturated carbocycles. The maximum absolute atomic E-state index is 13.2. The van der Waals surface area contributed by atoms with Crippen molar-refractivity contribution in [2.75, 3.05) is 32.8 Å². The highest BCUT2D eigenvalue weighted by Gasteiger charge is 2.42. The molecule has 0 aliphatic carbocycles. The van der Waals surface area contributed by atoms with Gasteiger partial charge in [-0.3, -0.25) is 19.8 Å². The predicted octanol–water partition coefficient (Wildman–Crippen LogP) is 3.80. The molecule has 37 heavy (non-hydrogen) atoms. The van der Waals surface area contributed by atoms with E-state index in [9.17, 15) is 9.59 Å². The average molecular weight is 497 g/mol. The van der Waals surface area contributed by atoms with Crippen LogP contribution in [0.3, 0.4) is 0 Å². The Kier molecular flexibility index (Phi) is 7.61. The highest BCUT2D eigenvalue weighted by atomic mass is 16.5. The summed E-state index contributed by atoms with van der Waals surface area (Å²) in [5, 5.41) is 2.90. The first kappa shape index (κ1) is 24.7. The number of amides is 1. The molecule has 2 unspecified atom stereocenters. The molecule has 1 saturated heterocycles. The number of piperazine rings is 1. The van der Waals surface area contributed by atoms with Crippen LogP contribution in [-0.2, 0) is 14.3 Å². The van der Waals surface area contributed by atoms with E-state index in [0.29, 0.717) is 19.0 Å². The van der Waals surface area contributed by atoms with E-state index in [0.717, 1.165) is 18.7 Å². The van der Waals surface area contributed by atoms with Crippen LogP contribution in [0.4, 0.5) is 0 Å². The van der Waals surface area contributed by atoms with Gasteiger partial charge in [0.1, 0.15) is 6.04 Å².